The van der Waals surface area contributed by atoms with Crippen LogP contribution in [0.25, 0.3) is 0 Å². The molecule has 0 atom stereocenters. The SMILES string of the molecule is O=C(NCCO)c1cccc(Nc2cnccn2)c1. The standard InChI is InChI=1S/C13H14N4O2/c18-7-6-16-13(19)10-2-1-3-11(8-10)17-12-9-14-4-5-15-12/h1-5,8-9,18H,6-7H2,(H,15,17)(H,16,19). The Labute approximate surface area is 110 Å². The molecule has 1 amide bonds. The number of nitrogens with zero attached hydrogens (tertiary/aromatic N) is 2. The maximum absolute atomic E-state index is 11.7. The van der Waals surface area contributed by atoms with Crippen molar-refractivity contribution in [2.24, 2.45) is 0 Å². The van der Waals surface area contributed by atoms with Crippen LogP contribution in [-0.2, 0) is 0 Å². The molecular weight excluding hydrogens is 244 g/mol. The maximum atomic E-state index is 11.7. The fourth-order valence-electron chi connectivity index (χ4n) is 1.52. The van der Waals surface area contributed by atoms with E-state index in [0.29, 0.717) is 11.4 Å². The van der Waals surface area contributed by atoms with Gasteiger partial charge < -0.3 is 15.7 Å². The predicted octanol–water partition coefficient (Wildman–Crippen LogP) is 0.942. The molecule has 0 aliphatic rings. The molecule has 0 bridgehead atoms. The number of rotatable bonds is 5. The van der Waals surface area contributed by atoms with Crippen molar-refractivity contribution in [1.82, 2.24) is 15.3 Å². The molecule has 2 rings (SSSR count). The third kappa shape index (κ3) is 3.75. The lowest BCUT2D eigenvalue weighted by molar-refractivity contribution is 0.0945. The smallest absolute Gasteiger partial charge is 0.251 e. The average Bonchev–Trinajstić information content (AvgIpc) is 2.46. The van der Waals surface area contributed by atoms with E-state index in [1.54, 1.807) is 36.8 Å². The molecule has 1 aromatic carbocycles. The normalized spacial score (nSPS) is 9.95. The first-order valence-corrected chi connectivity index (χ1v) is 5.82. The van der Waals surface area contributed by atoms with Gasteiger partial charge in [-0.25, -0.2) is 4.98 Å². The summed E-state index contributed by atoms with van der Waals surface area (Å²) in [5, 5.41) is 14.3. The number of amides is 1. The number of aliphatic hydroxyl groups is 1. The quantitative estimate of drug-likeness (QED) is 0.743. The molecular formula is C13H14N4O2. The summed E-state index contributed by atoms with van der Waals surface area (Å²) in [4.78, 5) is 19.8. The third-order valence-corrected chi connectivity index (χ3v) is 2.36. The van der Waals surface area contributed by atoms with E-state index in [9.17, 15) is 4.79 Å². The maximum Gasteiger partial charge on any atom is 0.251 e. The molecule has 0 aliphatic carbocycles. The van der Waals surface area contributed by atoms with Crippen LogP contribution in [0.4, 0.5) is 11.5 Å². The first kappa shape index (κ1) is 13.0. The number of benzene rings is 1. The van der Waals surface area contributed by atoms with Gasteiger partial charge in [-0.1, -0.05) is 6.07 Å². The summed E-state index contributed by atoms with van der Waals surface area (Å²) in [7, 11) is 0. The van der Waals surface area contributed by atoms with E-state index in [4.69, 9.17) is 5.11 Å². The zero-order valence-corrected chi connectivity index (χ0v) is 10.2. The van der Waals surface area contributed by atoms with Crippen LogP contribution in [0.1, 0.15) is 10.4 Å². The predicted molar refractivity (Wildman–Crippen MR) is 71.2 cm³/mol. The van der Waals surface area contributed by atoms with Gasteiger partial charge in [-0.3, -0.25) is 9.78 Å². The van der Waals surface area contributed by atoms with Gasteiger partial charge in [0.25, 0.3) is 5.91 Å². The van der Waals surface area contributed by atoms with Crippen LogP contribution in [0, 0.1) is 0 Å². The first-order valence-electron chi connectivity index (χ1n) is 5.82. The second-order valence-electron chi connectivity index (χ2n) is 3.78. The second-order valence-corrected chi connectivity index (χ2v) is 3.78. The van der Waals surface area contributed by atoms with E-state index in [2.05, 4.69) is 20.6 Å². The number of aromatic nitrogens is 2. The van der Waals surface area contributed by atoms with Gasteiger partial charge in [0.15, 0.2) is 0 Å². The van der Waals surface area contributed by atoms with Crippen LogP contribution < -0.4 is 10.6 Å². The molecule has 0 aliphatic heterocycles. The Hall–Kier alpha value is -2.47. The van der Waals surface area contributed by atoms with Gasteiger partial charge in [0.2, 0.25) is 0 Å². The van der Waals surface area contributed by atoms with Crippen LogP contribution >= 0.6 is 0 Å². The number of nitrogens with one attached hydrogen (secondary N) is 2. The number of aliphatic hydroxyl groups excluding tert-OH is 1. The topological polar surface area (TPSA) is 87.1 Å². The lowest BCUT2D eigenvalue weighted by atomic mass is 10.2. The van der Waals surface area contributed by atoms with Crippen LogP contribution in [-0.4, -0.2) is 34.1 Å². The van der Waals surface area contributed by atoms with E-state index in [1.165, 1.54) is 0 Å². The number of carbonyl (C=O) groups excluding carboxylic acids is 1. The van der Waals surface area contributed by atoms with Crippen molar-refractivity contribution in [1.29, 1.82) is 0 Å². The van der Waals surface area contributed by atoms with Gasteiger partial charge in [0.05, 0.1) is 12.8 Å². The Morgan fingerprint density at radius 3 is 2.95 bits per heavy atom. The van der Waals surface area contributed by atoms with Crippen molar-refractivity contribution < 1.29 is 9.90 Å². The molecule has 1 aromatic heterocycles. The average molecular weight is 258 g/mol. The zero-order chi connectivity index (χ0) is 13.5. The third-order valence-electron chi connectivity index (χ3n) is 2.36. The lowest BCUT2D eigenvalue weighted by Gasteiger charge is -2.07. The van der Waals surface area contributed by atoms with E-state index >= 15 is 0 Å². The molecule has 19 heavy (non-hydrogen) atoms. The van der Waals surface area contributed by atoms with E-state index in [1.807, 2.05) is 6.07 Å². The Morgan fingerprint density at radius 2 is 2.21 bits per heavy atom. The molecule has 0 fully saturated rings. The molecule has 0 saturated heterocycles. The minimum atomic E-state index is -0.225. The number of hydrogen-bond acceptors (Lipinski definition) is 5. The number of anilines is 2. The van der Waals surface area contributed by atoms with E-state index < -0.39 is 0 Å². The van der Waals surface area contributed by atoms with Gasteiger partial charge in [0, 0.05) is 30.2 Å². The van der Waals surface area contributed by atoms with Crippen molar-refractivity contribution in [3.8, 4) is 0 Å². The first-order chi connectivity index (χ1) is 9.29. The molecule has 0 saturated carbocycles. The minimum Gasteiger partial charge on any atom is -0.395 e. The van der Waals surface area contributed by atoms with Crippen LogP contribution in [0.15, 0.2) is 42.9 Å². The summed E-state index contributed by atoms with van der Waals surface area (Å²) < 4.78 is 0. The molecule has 98 valence electrons. The van der Waals surface area contributed by atoms with Gasteiger partial charge in [0.1, 0.15) is 5.82 Å². The molecule has 1 heterocycles. The van der Waals surface area contributed by atoms with Gasteiger partial charge in [-0.15, -0.1) is 0 Å². The highest BCUT2D eigenvalue weighted by molar-refractivity contribution is 5.95. The molecule has 2 aromatic rings. The molecule has 0 spiro atoms. The van der Waals surface area contributed by atoms with Crippen LogP contribution in [0.5, 0.6) is 0 Å². The second kappa shape index (κ2) is 6.46. The lowest BCUT2D eigenvalue weighted by Crippen LogP contribution is -2.26. The Kier molecular flexibility index (Phi) is 4.41. The minimum absolute atomic E-state index is 0.0801. The summed E-state index contributed by atoms with van der Waals surface area (Å²) in [5.41, 5.74) is 1.26. The Bertz CT molecular complexity index is 545. The largest absolute Gasteiger partial charge is 0.395 e. The molecule has 6 heteroatoms. The summed E-state index contributed by atoms with van der Waals surface area (Å²) in [5.74, 6) is 0.382. The van der Waals surface area contributed by atoms with Crippen molar-refractivity contribution in [2.45, 2.75) is 0 Å². The number of hydrogen-bond donors (Lipinski definition) is 3. The summed E-state index contributed by atoms with van der Waals surface area (Å²) in [6.07, 6.45) is 4.77. The zero-order valence-electron chi connectivity index (χ0n) is 10.2. The fraction of sp³-hybridized carbons (Fsp3) is 0.154. The van der Waals surface area contributed by atoms with E-state index in [0.717, 1.165) is 5.69 Å². The fourth-order valence-corrected chi connectivity index (χ4v) is 1.52. The highest BCUT2D eigenvalue weighted by atomic mass is 16.3. The van der Waals surface area contributed by atoms with Gasteiger partial charge in [-0.2, -0.15) is 0 Å². The van der Waals surface area contributed by atoms with Crippen LogP contribution in [0.3, 0.4) is 0 Å². The van der Waals surface area contributed by atoms with Gasteiger partial charge >= 0.3 is 0 Å². The monoisotopic (exact) mass is 258 g/mol. The molecule has 0 radical (unpaired) electrons. The highest BCUT2D eigenvalue weighted by Crippen LogP contribution is 2.15. The Balaban J connectivity index is 2.09. The molecule has 3 N–H and O–H groups in total. The summed E-state index contributed by atoms with van der Waals surface area (Å²) in [6, 6.07) is 7.01. The summed E-state index contributed by atoms with van der Waals surface area (Å²) in [6.45, 7) is 0.157. The Morgan fingerprint density at radius 1 is 1.32 bits per heavy atom. The van der Waals surface area contributed by atoms with Crippen molar-refractivity contribution >= 4 is 17.4 Å². The van der Waals surface area contributed by atoms with Crippen molar-refractivity contribution in [3.05, 3.63) is 48.4 Å². The number of carbonyl (C=O) groups is 1. The molecule has 0 unspecified atom stereocenters. The summed E-state index contributed by atoms with van der Waals surface area (Å²) >= 11 is 0. The van der Waals surface area contributed by atoms with E-state index in [-0.39, 0.29) is 19.1 Å². The van der Waals surface area contributed by atoms with Crippen LogP contribution in [0.2, 0.25) is 0 Å². The van der Waals surface area contributed by atoms with Crippen molar-refractivity contribution in [2.75, 3.05) is 18.5 Å². The highest BCUT2D eigenvalue weighted by Gasteiger charge is 2.05. The van der Waals surface area contributed by atoms with Crippen molar-refractivity contribution in [3.63, 3.8) is 0 Å². The molecule has 6 nitrogen and oxygen atoms in total. The van der Waals surface area contributed by atoms with Gasteiger partial charge in [-0.05, 0) is 18.2 Å².